The Kier molecular flexibility index (Phi) is 6.23. The van der Waals surface area contributed by atoms with Crippen LogP contribution >= 0.6 is 11.6 Å². The maximum absolute atomic E-state index is 12.3. The van der Waals surface area contributed by atoms with Crippen LogP contribution in [-0.2, 0) is 15.1 Å². The summed E-state index contributed by atoms with van der Waals surface area (Å²) >= 11 is 6.05. The summed E-state index contributed by atoms with van der Waals surface area (Å²) in [6.45, 7) is 3.93. The molecule has 0 radical (unpaired) electrons. The lowest BCUT2D eigenvalue weighted by Gasteiger charge is -2.29. The Morgan fingerprint density at radius 2 is 1.92 bits per heavy atom. The molecule has 2 atom stereocenters. The third-order valence-electron chi connectivity index (χ3n) is 3.91. The van der Waals surface area contributed by atoms with Crippen molar-refractivity contribution in [3.63, 3.8) is 0 Å². The number of rotatable bonds is 7. The monoisotopic (exact) mass is 347 g/mol. The first kappa shape index (κ1) is 18.3. The predicted molar refractivity (Wildman–Crippen MR) is 95.4 cm³/mol. The van der Waals surface area contributed by atoms with Crippen LogP contribution in [0.2, 0.25) is 5.02 Å². The summed E-state index contributed by atoms with van der Waals surface area (Å²) in [4.78, 5) is 12.3. The molecule has 128 valence electrons. The maximum Gasteiger partial charge on any atom is 0.260 e. The van der Waals surface area contributed by atoms with E-state index in [2.05, 4.69) is 5.32 Å². The van der Waals surface area contributed by atoms with E-state index in [1.807, 2.05) is 55.5 Å². The number of ether oxygens (including phenoxy) is 2. The standard InChI is InChI=1S/C19H22ClNO3/c1-14(24-17-10-5-4-6-11-17)18(22)21-13-19(2,23-3)15-8-7-9-16(20)12-15/h4-12,14H,13H2,1-3H3,(H,21,22)/t14-,19+/m0/s1. The van der Waals surface area contributed by atoms with Crippen molar-refractivity contribution in [3.8, 4) is 5.75 Å². The minimum Gasteiger partial charge on any atom is -0.481 e. The van der Waals surface area contributed by atoms with E-state index in [1.54, 1.807) is 20.1 Å². The van der Waals surface area contributed by atoms with E-state index in [0.29, 0.717) is 17.3 Å². The highest BCUT2D eigenvalue weighted by Crippen LogP contribution is 2.26. The Balaban J connectivity index is 1.98. The molecule has 0 aromatic heterocycles. The molecule has 2 rings (SSSR count). The highest BCUT2D eigenvalue weighted by molar-refractivity contribution is 6.30. The van der Waals surface area contributed by atoms with Crippen molar-refractivity contribution in [1.29, 1.82) is 0 Å². The van der Waals surface area contributed by atoms with Gasteiger partial charge in [0, 0.05) is 12.1 Å². The van der Waals surface area contributed by atoms with Crippen LogP contribution in [0.1, 0.15) is 19.4 Å². The summed E-state index contributed by atoms with van der Waals surface area (Å²) in [6.07, 6.45) is -0.604. The number of hydrogen-bond donors (Lipinski definition) is 1. The van der Waals surface area contributed by atoms with Crippen molar-refractivity contribution in [2.24, 2.45) is 0 Å². The predicted octanol–water partition coefficient (Wildman–Crippen LogP) is 3.79. The van der Waals surface area contributed by atoms with Crippen LogP contribution in [0.25, 0.3) is 0 Å². The fourth-order valence-corrected chi connectivity index (χ4v) is 2.46. The summed E-state index contributed by atoms with van der Waals surface area (Å²) < 4.78 is 11.2. The number of carbonyl (C=O) groups is 1. The molecule has 24 heavy (non-hydrogen) atoms. The molecule has 0 saturated carbocycles. The number of benzene rings is 2. The molecule has 0 aliphatic carbocycles. The molecule has 0 spiro atoms. The van der Waals surface area contributed by atoms with Crippen LogP contribution in [0.3, 0.4) is 0 Å². The van der Waals surface area contributed by atoms with E-state index >= 15 is 0 Å². The largest absolute Gasteiger partial charge is 0.481 e. The van der Waals surface area contributed by atoms with Crippen molar-refractivity contribution in [1.82, 2.24) is 5.32 Å². The molecular formula is C19H22ClNO3. The summed E-state index contributed by atoms with van der Waals surface area (Å²) in [5, 5.41) is 3.51. The SMILES string of the molecule is CO[C@](C)(CNC(=O)[C@H](C)Oc1ccccc1)c1cccc(Cl)c1. The summed E-state index contributed by atoms with van der Waals surface area (Å²) in [5.74, 6) is 0.452. The second-order valence-electron chi connectivity index (χ2n) is 5.74. The van der Waals surface area contributed by atoms with Crippen LogP contribution in [0.5, 0.6) is 5.75 Å². The van der Waals surface area contributed by atoms with Gasteiger partial charge < -0.3 is 14.8 Å². The van der Waals surface area contributed by atoms with Gasteiger partial charge in [-0.2, -0.15) is 0 Å². The van der Waals surface area contributed by atoms with E-state index in [-0.39, 0.29) is 5.91 Å². The maximum atomic E-state index is 12.3. The first-order valence-corrected chi connectivity index (χ1v) is 8.13. The van der Waals surface area contributed by atoms with Crippen molar-refractivity contribution in [2.45, 2.75) is 25.6 Å². The van der Waals surface area contributed by atoms with E-state index in [9.17, 15) is 4.79 Å². The molecule has 0 aliphatic heterocycles. The van der Waals surface area contributed by atoms with Crippen LogP contribution in [-0.4, -0.2) is 25.7 Å². The zero-order valence-electron chi connectivity index (χ0n) is 14.1. The fraction of sp³-hybridized carbons (Fsp3) is 0.316. The van der Waals surface area contributed by atoms with Gasteiger partial charge >= 0.3 is 0 Å². The van der Waals surface area contributed by atoms with Gasteiger partial charge in [0.2, 0.25) is 0 Å². The molecule has 4 nitrogen and oxygen atoms in total. The minimum absolute atomic E-state index is 0.204. The van der Waals surface area contributed by atoms with Crippen molar-refractivity contribution in [3.05, 3.63) is 65.2 Å². The van der Waals surface area contributed by atoms with Gasteiger partial charge in [-0.1, -0.05) is 41.9 Å². The minimum atomic E-state index is -0.674. The average Bonchev–Trinajstić information content (AvgIpc) is 2.60. The Labute approximate surface area is 147 Å². The van der Waals surface area contributed by atoms with E-state index in [0.717, 1.165) is 5.56 Å². The molecule has 2 aromatic rings. The second-order valence-corrected chi connectivity index (χ2v) is 6.17. The molecule has 0 bridgehead atoms. The Hall–Kier alpha value is -2.04. The third-order valence-corrected chi connectivity index (χ3v) is 4.15. The van der Waals surface area contributed by atoms with Crippen molar-refractivity contribution >= 4 is 17.5 Å². The smallest absolute Gasteiger partial charge is 0.260 e. The number of amides is 1. The highest BCUT2D eigenvalue weighted by atomic mass is 35.5. The van der Waals surface area contributed by atoms with Crippen LogP contribution in [0.4, 0.5) is 0 Å². The number of carbonyl (C=O) groups excluding carboxylic acids is 1. The van der Waals surface area contributed by atoms with Gasteiger partial charge in [-0.05, 0) is 43.7 Å². The Bertz CT molecular complexity index is 677. The first-order valence-electron chi connectivity index (χ1n) is 7.75. The third kappa shape index (κ3) is 4.73. The molecule has 5 heteroatoms. The van der Waals surface area contributed by atoms with E-state index < -0.39 is 11.7 Å². The average molecular weight is 348 g/mol. The molecule has 1 amide bonds. The van der Waals surface area contributed by atoms with Gasteiger partial charge in [-0.15, -0.1) is 0 Å². The molecular weight excluding hydrogens is 326 g/mol. The summed E-state index contributed by atoms with van der Waals surface area (Å²) in [6, 6.07) is 16.7. The van der Waals surface area contributed by atoms with Gasteiger partial charge in [-0.3, -0.25) is 4.79 Å². The van der Waals surface area contributed by atoms with Gasteiger partial charge in [0.15, 0.2) is 6.10 Å². The van der Waals surface area contributed by atoms with Gasteiger partial charge in [0.25, 0.3) is 5.91 Å². The lowest BCUT2D eigenvalue weighted by molar-refractivity contribution is -0.128. The van der Waals surface area contributed by atoms with Crippen LogP contribution < -0.4 is 10.1 Å². The second kappa shape index (κ2) is 8.18. The molecule has 1 N–H and O–H groups in total. The first-order chi connectivity index (χ1) is 11.4. The Morgan fingerprint density at radius 1 is 1.21 bits per heavy atom. The molecule has 0 unspecified atom stereocenters. The van der Waals surface area contributed by atoms with E-state index in [1.165, 1.54) is 0 Å². The normalized spacial score (nSPS) is 14.5. The van der Waals surface area contributed by atoms with Crippen molar-refractivity contribution < 1.29 is 14.3 Å². The number of para-hydroxylation sites is 1. The van der Waals surface area contributed by atoms with Gasteiger partial charge in [-0.25, -0.2) is 0 Å². The Morgan fingerprint density at radius 3 is 2.54 bits per heavy atom. The number of hydrogen-bond acceptors (Lipinski definition) is 3. The quantitative estimate of drug-likeness (QED) is 0.829. The summed E-state index contributed by atoms with van der Waals surface area (Å²) in [5.41, 5.74) is 0.224. The number of nitrogens with one attached hydrogen (secondary N) is 1. The molecule has 0 aliphatic rings. The molecule has 0 saturated heterocycles. The number of halogens is 1. The summed E-state index contributed by atoms with van der Waals surface area (Å²) in [7, 11) is 1.61. The van der Waals surface area contributed by atoms with E-state index in [4.69, 9.17) is 21.1 Å². The lowest BCUT2D eigenvalue weighted by Crippen LogP contribution is -2.44. The zero-order valence-corrected chi connectivity index (χ0v) is 14.8. The van der Waals surface area contributed by atoms with Crippen LogP contribution in [0, 0.1) is 0 Å². The van der Waals surface area contributed by atoms with Gasteiger partial charge in [0.1, 0.15) is 11.4 Å². The zero-order chi connectivity index (χ0) is 17.6. The van der Waals surface area contributed by atoms with Crippen LogP contribution in [0.15, 0.2) is 54.6 Å². The lowest BCUT2D eigenvalue weighted by atomic mass is 9.95. The highest BCUT2D eigenvalue weighted by Gasteiger charge is 2.28. The number of methoxy groups -OCH3 is 1. The molecule has 2 aromatic carbocycles. The topological polar surface area (TPSA) is 47.6 Å². The molecule has 0 fully saturated rings. The fourth-order valence-electron chi connectivity index (χ4n) is 2.27. The van der Waals surface area contributed by atoms with Crippen molar-refractivity contribution in [2.75, 3.05) is 13.7 Å². The molecule has 0 heterocycles. The van der Waals surface area contributed by atoms with Gasteiger partial charge in [0.05, 0.1) is 6.54 Å².